The van der Waals surface area contributed by atoms with Crippen LogP contribution in [0.3, 0.4) is 0 Å². The van der Waals surface area contributed by atoms with Crippen molar-refractivity contribution in [2.24, 2.45) is 0 Å². The Morgan fingerprint density at radius 2 is 0.911 bits per heavy atom. The van der Waals surface area contributed by atoms with Crippen molar-refractivity contribution in [1.29, 1.82) is 0 Å². The predicted molar refractivity (Wildman–Crippen MR) is 235 cm³/mol. The lowest BCUT2D eigenvalue weighted by molar-refractivity contribution is 1.18. The summed E-state index contributed by atoms with van der Waals surface area (Å²) < 4.78 is 3.78. The average Bonchev–Trinajstić information content (AvgIpc) is 3.79. The van der Waals surface area contributed by atoms with Gasteiger partial charge in [0, 0.05) is 48.0 Å². The Hall–Kier alpha value is -7.14. The number of rotatable bonds is 5. The quantitative estimate of drug-likeness (QED) is 0.177. The van der Waals surface area contributed by atoms with Gasteiger partial charge in [-0.2, -0.15) is 0 Å². The molecule has 0 radical (unpaired) electrons. The fourth-order valence-electron chi connectivity index (χ4n) is 8.93. The van der Waals surface area contributed by atoms with E-state index < -0.39 is 0 Å². The van der Waals surface area contributed by atoms with Crippen LogP contribution in [0.4, 0.5) is 0 Å². The number of aromatic nitrogens is 3. The van der Waals surface area contributed by atoms with Gasteiger partial charge in [0.1, 0.15) is 0 Å². The van der Waals surface area contributed by atoms with Crippen molar-refractivity contribution < 1.29 is 0 Å². The van der Waals surface area contributed by atoms with Crippen LogP contribution in [0.2, 0.25) is 0 Å². The molecule has 3 nitrogen and oxygen atoms in total. The van der Waals surface area contributed by atoms with Gasteiger partial charge >= 0.3 is 0 Å². The second-order valence-electron chi connectivity index (χ2n) is 14.5. The lowest BCUT2D eigenvalue weighted by atomic mass is 9.93. The van der Waals surface area contributed by atoms with Crippen molar-refractivity contribution in [1.82, 2.24) is 14.5 Å². The van der Waals surface area contributed by atoms with Crippen molar-refractivity contribution in [3.63, 3.8) is 0 Å². The van der Waals surface area contributed by atoms with E-state index in [0.717, 1.165) is 50.4 Å². The van der Waals surface area contributed by atoms with E-state index in [4.69, 9.17) is 9.97 Å². The molecule has 0 fully saturated rings. The van der Waals surface area contributed by atoms with Crippen LogP contribution in [0.25, 0.3) is 115 Å². The van der Waals surface area contributed by atoms with E-state index in [1.165, 1.54) is 64.6 Å². The van der Waals surface area contributed by atoms with E-state index in [0.29, 0.717) is 0 Å². The normalized spacial score (nSPS) is 11.9. The Labute approximate surface area is 327 Å². The minimum atomic E-state index is 0.852. The van der Waals surface area contributed by atoms with Crippen LogP contribution >= 0.6 is 11.3 Å². The van der Waals surface area contributed by atoms with Gasteiger partial charge in [-0.15, -0.1) is 11.3 Å². The lowest BCUT2D eigenvalue weighted by Crippen LogP contribution is -2.01. The van der Waals surface area contributed by atoms with E-state index in [9.17, 15) is 0 Å². The highest BCUT2D eigenvalue weighted by molar-refractivity contribution is 7.23. The highest BCUT2D eigenvalue weighted by Gasteiger charge is 2.29. The molecule has 8 aromatic carbocycles. The Kier molecular flexibility index (Phi) is 6.80. The smallest absolute Gasteiger partial charge is 0.0973 e. The lowest BCUT2D eigenvalue weighted by Gasteiger charge is -2.18. The maximum Gasteiger partial charge on any atom is 0.0973 e. The Bertz CT molecular complexity index is 3330. The van der Waals surface area contributed by atoms with Crippen LogP contribution in [-0.2, 0) is 0 Å². The largest absolute Gasteiger partial charge is 0.308 e. The van der Waals surface area contributed by atoms with Crippen molar-refractivity contribution in [2.45, 2.75) is 0 Å². The molecule has 12 rings (SSSR count). The third kappa shape index (κ3) is 4.57. The molecule has 3 heterocycles. The Morgan fingerprint density at radius 3 is 1.57 bits per heavy atom. The van der Waals surface area contributed by atoms with Gasteiger partial charge in [0.25, 0.3) is 0 Å². The molecule has 56 heavy (non-hydrogen) atoms. The summed E-state index contributed by atoms with van der Waals surface area (Å²) in [7, 11) is 0. The molecule has 1 aliphatic rings. The molecule has 0 unspecified atom stereocenters. The molecule has 4 heteroatoms. The number of hydrogen-bond donors (Lipinski definition) is 0. The molecule has 0 saturated carbocycles. The van der Waals surface area contributed by atoms with Crippen molar-refractivity contribution in [3.05, 3.63) is 188 Å². The van der Waals surface area contributed by atoms with E-state index in [-0.39, 0.29) is 0 Å². The van der Waals surface area contributed by atoms with Gasteiger partial charge in [-0.1, -0.05) is 158 Å². The van der Waals surface area contributed by atoms with E-state index in [1.54, 1.807) is 0 Å². The van der Waals surface area contributed by atoms with Gasteiger partial charge in [0.15, 0.2) is 0 Å². The molecule has 0 spiro atoms. The summed E-state index contributed by atoms with van der Waals surface area (Å²) >= 11 is 1.90. The summed E-state index contributed by atoms with van der Waals surface area (Å²) in [6.45, 7) is 0. The predicted octanol–water partition coefficient (Wildman–Crippen LogP) is 14.3. The molecule has 260 valence electrons. The summed E-state index contributed by atoms with van der Waals surface area (Å²) in [6, 6.07) is 67.5. The van der Waals surface area contributed by atoms with Gasteiger partial charge in [-0.25, -0.2) is 9.97 Å². The topological polar surface area (TPSA) is 30.7 Å². The molecule has 0 amide bonds. The molecule has 0 N–H and O–H groups in total. The van der Waals surface area contributed by atoms with E-state index in [2.05, 4.69) is 180 Å². The maximum atomic E-state index is 5.47. The summed E-state index contributed by atoms with van der Waals surface area (Å²) in [5.41, 5.74) is 17.6. The van der Waals surface area contributed by atoms with Crippen LogP contribution in [0.5, 0.6) is 0 Å². The second-order valence-corrected chi connectivity index (χ2v) is 15.5. The molecule has 1 aliphatic carbocycles. The van der Waals surface area contributed by atoms with Crippen molar-refractivity contribution >= 4 is 54.3 Å². The Balaban J connectivity index is 1.23. The first-order chi connectivity index (χ1) is 27.8. The third-order valence-electron chi connectivity index (χ3n) is 11.3. The molecule has 0 bridgehead atoms. The molecule has 11 aromatic rings. The SMILES string of the molecule is c1ccc(-c2cc3nc(-c4ccccc4)c(-c4ccccc4)nc3cc2-n2c3cccc4c3c3c5c(c(-c6ccccc6)sc5ccc32)-c2ccccc2-4)cc1. The van der Waals surface area contributed by atoms with Crippen molar-refractivity contribution in [3.8, 4) is 72.0 Å². The summed E-state index contributed by atoms with van der Waals surface area (Å²) in [6.07, 6.45) is 0. The average molecular weight is 730 g/mol. The second kappa shape index (κ2) is 12.2. The zero-order valence-corrected chi connectivity index (χ0v) is 31.0. The van der Waals surface area contributed by atoms with E-state index in [1.807, 2.05) is 23.5 Å². The van der Waals surface area contributed by atoms with Crippen LogP contribution in [0, 0.1) is 0 Å². The molecular weight excluding hydrogens is 699 g/mol. The molecule has 0 aliphatic heterocycles. The summed E-state index contributed by atoms with van der Waals surface area (Å²) in [5.74, 6) is 0. The van der Waals surface area contributed by atoms with Gasteiger partial charge in [-0.05, 0) is 58.1 Å². The van der Waals surface area contributed by atoms with Gasteiger partial charge in [-0.3, -0.25) is 0 Å². The standard InChI is InChI=1S/C52H31N3S/c1-5-16-32(17-6-1)39-30-40-41(54-51(34-20-9-3-10-21-34)50(53-40)33-18-7-2-8-19-33)31-44(39)55-42-27-15-26-37-36-24-13-14-25-38(36)47-49-45(29-28-43(55)48(49)46(37)42)56-52(47)35-22-11-4-12-23-35/h1-31H. The first-order valence-electron chi connectivity index (χ1n) is 19.0. The molecule has 0 atom stereocenters. The number of thiophene rings is 1. The van der Waals surface area contributed by atoms with Crippen LogP contribution in [0.1, 0.15) is 0 Å². The minimum absolute atomic E-state index is 0.852. The zero-order chi connectivity index (χ0) is 36.7. The summed E-state index contributed by atoms with van der Waals surface area (Å²) in [5, 5.41) is 3.91. The number of benzene rings is 8. The van der Waals surface area contributed by atoms with Crippen LogP contribution in [-0.4, -0.2) is 14.5 Å². The number of fused-ring (bicyclic) bond motifs is 4. The zero-order valence-electron chi connectivity index (χ0n) is 30.1. The maximum absolute atomic E-state index is 5.47. The minimum Gasteiger partial charge on any atom is -0.308 e. The third-order valence-corrected chi connectivity index (χ3v) is 12.5. The molecule has 3 aromatic heterocycles. The fourth-order valence-corrected chi connectivity index (χ4v) is 10.2. The fraction of sp³-hybridized carbons (Fsp3) is 0. The number of nitrogens with zero attached hydrogens (tertiary/aromatic N) is 3. The van der Waals surface area contributed by atoms with Gasteiger partial charge in [0.2, 0.25) is 0 Å². The summed E-state index contributed by atoms with van der Waals surface area (Å²) in [4.78, 5) is 12.2. The monoisotopic (exact) mass is 729 g/mol. The Morgan fingerprint density at radius 1 is 0.375 bits per heavy atom. The molecule has 0 saturated heterocycles. The van der Waals surface area contributed by atoms with Gasteiger partial charge < -0.3 is 4.57 Å². The van der Waals surface area contributed by atoms with Gasteiger partial charge in [0.05, 0.1) is 39.1 Å². The first kappa shape index (κ1) is 31.2. The van der Waals surface area contributed by atoms with E-state index >= 15 is 0 Å². The van der Waals surface area contributed by atoms with Crippen LogP contribution < -0.4 is 0 Å². The van der Waals surface area contributed by atoms with Crippen LogP contribution in [0.15, 0.2) is 188 Å². The highest BCUT2D eigenvalue weighted by atomic mass is 32.1. The van der Waals surface area contributed by atoms with Crippen molar-refractivity contribution in [2.75, 3.05) is 0 Å². The number of hydrogen-bond acceptors (Lipinski definition) is 3. The molecular formula is C52H31N3S. The highest BCUT2D eigenvalue weighted by Crippen LogP contribution is 2.55. The first-order valence-corrected chi connectivity index (χ1v) is 19.8.